The predicted molar refractivity (Wildman–Crippen MR) is 136 cm³/mol. The van der Waals surface area contributed by atoms with Crippen LogP contribution in [-0.2, 0) is 20.1 Å². The maximum Gasteiger partial charge on any atom is 0.255 e. The monoisotopic (exact) mass is 494 g/mol. The van der Waals surface area contributed by atoms with Crippen LogP contribution in [0.5, 0.6) is 0 Å². The Hall–Kier alpha value is -2.23. The van der Waals surface area contributed by atoms with Crippen LogP contribution in [0.3, 0.4) is 0 Å². The van der Waals surface area contributed by atoms with Crippen molar-refractivity contribution >= 4 is 42.9 Å². The topological polar surface area (TPSA) is 88.9 Å². The maximum atomic E-state index is 13.4. The third kappa shape index (κ3) is 6.88. The summed E-state index contributed by atoms with van der Waals surface area (Å²) in [5.41, 5.74) is 1.50. The van der Waals surface area contributed by atoms with Gasteiger partial charge in [0.25, 0.3) is 5.91 Å². The van der Waals surface area contributed by atoms with E-state index in [1.165, 1.54) is 12.5 Å². The van der Waals surface area contributed by atoms with Crippen molar-refractivity contribution in [2.45, 2.75) is 51.6 Å². The first-order chi connectivity index (χ1) is 14.6. The molecule has 2 saturated heterocycles. The summed E-state index contributed by atoms with van der Waals surface area (Å²) < 4.78 is 10.5. The van der Waals surface area contributed by atoms with Crippen molar-refractivity contribution in [1.82, 2.24) is 10.2 Å². The molecule has 2 aliphatic heterocycles. The van der Waals surface area contributed by atoms with Crippen LogP contribution >= 0.6 is 25.3 Å². The molecule has 33 heavy (non-hydrogen) atoms. The Labute approximate surface area is 207 Å². The lowest BCUT2D eigenvalue weighted by molar-refractivity contribution is -0.141. The van der Waals surface area contributed by atoms with Crippen LogP contribution in [0.15, 0.2) is 53.3 Å². The zero-order valence-corrected chi connectivity index (χ0v) is 18.8. The van der Waals surface area contributed by atoms with Crippen molar-refractivity contribution in [1.29, 1.82) is 0 Å². The largest absolute Gasteiger partial charge is 0.472 e. The van der Waals surface area contributed by atoms with Gasteiger partial charge in [-0.1, -0.05) is 45.2 Å². The van der Waals surface area contributed by atoms with Crippen molar-refractivity contribution in [2.75, 3.05) is 18.9 Å². The van der Waals surface area contributed by atoms with Gasteiger partial charge in [0.2, 0.25) is 5.91 Å². The van der Waals surface area contributed by atoms with E-state index < -0.39 is 12.1 Å². The summed E-state index contributed by atoms with van der Waals surface area (Å²) >= 11 is 1.57. The van der Waals surface area contributed by atoms with Gasteiger partial charge in [-0.2, -0.15) is 25.3 Å². The molecule has 182 valence electrons. The summed E-state index contributed by atoms with van der Waals surface area (Å²) in [5, 5.41) is 2.83. The summed E-state index contributed by atoms with van der Waals surface area (Å²) in [6.07, 6.45) is 4.07. The number of fused-ring (bicyclic) bond motifs is 1. The molecule has 1 aromatic carbocycles. The summed E-state index contributed by atoms with van der Waals surface area (Å²) in [4.78, 5) is 39.9. The van der Waals surface area contributed by atoms with Crippen molar-refractivity contribution in [3.8, 4) is 0 Å². The highest BCUT2D eigenvalue weighted by Gasteiger charge is 2.45. The van der Waals surface area contributed by atoms with Gasteiger partial charge in [0.05, 0.1) is 17.9 Å². The number of benzene rings is 1. The molecule has 0 aliphatic carbocycles. The van der Waals surface area contributed by atoms with Gasteiger partial charge in [0.15, 0.2) is 5.78 Å². The third-order valence-electron chi connectivity index (χ3n) is 5.41. The fourth-order valence-electron chi connectivity index (χ4n) is 3.92. The zero-order chi connectivity index (χ0) is 20.9. The molecule has 0 bridgehead atoms. The highest BCUT2D eigenvalue weighted by molar-refractivity contribution is 7.98. The van der Waals surface area contributed by atoms with Crippen LogP contribution in [0, 0.1) is 0 Å². The molecule has 1 aromatic heterocycles. The lowest BCUT2D eigenvalue weighted by Crippen LogP contribution is -2.58. The van der Waals surface area contributed by atoms with Crippen LogP contribution in [-0.4, -0.2) is 59.6 Å². The highest BCUT2D eigenvalue weighted by atomic mass is 32.2. The number of furan rings is 1. The second-order valence-electron chi connectivity index (χ2n) is 7.47. The summed E-state index contributed by atoms with van der Waals surface area (Å²) in [7, 11) is 0. The molecule has 3 heterocycles. The minimum Gasteiger partial charge on any atom is -0.472 e. The first kappa shape index (κ1) is 28.8. The van der Waals surface area contributed by atoms with E-state index in [1.54, 1.807) is 22.7 Å². The van der Waals surface area contributed by atoms with E-state index in [4.69, 9.17) is 9.15 Å². The molecule has 2 aromatic rings. The van der Waals surface area contributed by atoms with Crippen molar-refractivity contribution in [3.63, 3.8) is 0 Å². The second-order valence-corrected chi connectivity index (χ2v) is 8.50. The van der Waals surface area contributed by atoms with Crippen molar-refractivity contribution < 1.29 is 23.5 Å². The van der Waals surface area contributed by atoms with Gasteiger partial charge >= 0.3 is 0 Å². The van der Waals surface area contributed by atoms with Crippen LogP contribution < -0.4 is 5.32 Å². The average molecular weight is 495 g/mol. The van der Waals surface area contributed by atoms with Crippen LogP contribution in [0.4, 0.5) is 0 Å². The smallest absolute Gasteiger partial charge is 0.255 e. The number of likely N-dealkylation sites (tertiary alicyclic amines) is 1. The molecule has 7 nitrogen and oxygen atoms in total. The normalized spacial score (nSPS) is 19.9. The minimum absolute atomic E-state index is 0. The lowest BCUT2D eigenvalue weighted by Gasteiger charge is -2.37. The molecule has 2 aliphatic rings. The number of Topliss-reactive ketones (excluding diaryl/α,β-unsaturated/α-hetero) is 1. The average Bonchev–Trinajstić information content (AvgIpc) is 3.44. The van der Waals surface area contributed by atoms with Gasteiger partial charge in [0, 0.05) is 18.1 Å². The van der Waals surface area contributed by atoms with Gasteiger partial charge in [-0.05, 0) is 24.5 Å². The maximum absolute atomic E-state index is 13.4. The number of piperidine rings is 1. The number of ether oxygens (including phenoxy) is 1. The van der Waals surface area contributed by atoms with Crippen LogP contribution in [0.25, 0.3) is 0 Å². The Balaban J connectivity index is 0.00000181. The number of nitrogens with zero attached hydrogens (tertiary/aromatic N) is 1. The lowest BCUT2D eigenvalue weighted by atomic mass is 9.97. The van der Waals surface area contributed by atoms with Crippen molar-refractivity contribution in [3.05, 3.63) is 60.1 Å². The Kier molecular flexibility index (Phi) is 11.8. The number of hydrogen-bond acceptors (Lipinski definition) is 6. The van der Waals surface area contributed by atoms with E-state index in [2.05, 4.69) is 5.32 Å². The summed E-state index contributed by atoms with van der Waals surface area (Å²) in [6.45, 7) is 0.546. The molecule has 0 unspecified atom stereocenters. The Morgan fingerprint density at radius 1 is 1.18 bits per heavy atom. The molecule has 0 radical (unpaired) electrons. The first-order valence-electron chi connectivity index (χ1n) is 10.0. The number of rotatable bonds is 7. The van der Waals surface area contributed by atoms with E-state index in [0.717, 1.165) is 24.2 Å². The molecule has 9 heteroatoms. The number of hydrogen-bond donors (Lipinski definition) is 1. The first-order valence-corrected chi connectivity index (χ1v) is 11.2. The number of carbonyl (C=O) groups excluding carboxylic acids is 3. The SMILES string of the molecule is C.C.O=C(N[C@@H](CSCc1ccccc1)C(=O)N1CCC[C@H]2OCC(=O)[C@H]21)c1ccoc1.S. The summed E-state index contributed by atoms with van der Waals surface area (Å²) in [5.74, 6) is 0.455. The fourth-order valence-corrected chi connectivity index (χ4v) is 4.92. The number of carbonyl (C=O) groups is 3. The van der Waals surface area contributed by atoms with E-state index in [9.17, 15) is 14.4 Å². The zero-order valence-electron chi connectivity index (χ0n) is 17.0. The number of ketones is 1. The van der Waals surface area contributed by atoms with Crippen LogP contribution in [0.1, 0.15) is 43.6 Å². The van der Waals surface area contributed by atoms with E-state index in [0.29, 0.717) is 17.9 Å². The van der Waals surface area contributed by atoms with Crippen molar-refractivity contribution in [2.24, 2.45) is 0 Å². The molecule has 2 fully saturated rings. The number of nitrogens with one attached hydrogen (secondary N) is 1. The van der Waals surface area contributed by atoms with E-state index in [1.807, 2.05) is 30.3 Å². The van der Waals surface area contributed by atoms with E-state index >= 15 is 0 Å². The molecule has 0 saturated carbocycles. The highest BCUT2D eigenvalue weighted by Crippen LogP contribution is 2.27. The van der Waals surface area contributed by atoms with Gasteiger partial charge in [-0.25, -0.2) is 0 Å². The fraction of sp³-hybridized carbons (Fsp3) is 0.458. The Bertz CT molecular complexity index is 892. The second kappa shape index (κ2) is 13.5. The molecule has 4 rings (SSSR count). The molecule has 0 spiro atoms. The number of amides is 2. The standard InChI is InChI=1S/C22H24N2O5S.2CH4.H2S/c25-18-12-29-19-7-4-9-24(20(18)19)22(27)17(23-21(26)16-8-10-28-11-16)14-30-13-15-5-2-1-3-6-15;;;/h1-3,5-6,8,10-11,17,19-20H,4,7,9,12-14H2,(H,23,26);2*1H4;1H2/t17-,19+,20+;;;/m0.../s1. The van der Waals surface area contributed by atoms with Gasteiger partial charge in [-0.15, -0.1) is 0 Å². The molecular formula is C24H34N2O5S2. The molecule has 2 amide bonds. The quantitative estimate of drug-likeness (QED) is 0.632. The molecule has 1 N–H and O–H groups in total. The minimum atomic E-state index is -0.742. The summed E-state index contributed by atoms with van der Waals surface area (Å²) in [6, 6.07) is 10.2. The van der Waals surface area contributed by atoms with Gasteiger partial charge in [-0.3, -0.25) is 14.4 Å². The number of thioether (sulfide) groups is 1. The predicted octanol–water partition coefficient (Wildman–Crippen LogP) is 3.66. The molecule has 3 atom stereocenters. The Morgan fingerprint density at radius 3 is 2.64 bits per heavy atom. The van der Waals surface area contributed by atoms with Gasteiger partial charge in [0.1, 0.15) is 25.0 Å². The Morgan fingerprint density at radius 2 is 1.94 bits per heavy atom. The van der Waals surface area contributed by atoms with E-state index in [-0.39, 0.29) is 58.7 Å². The van der Waals surface area contributed by atoms with Gasteiger partial charge < -0.3 is 19.4 Å². The van der Waals surface area contributed by atoms with Crippen LogP contribution in [0.2, 0.25) is 0 Å². The third-order valence-corrected chi connectivity index (χ3v) is 6.52. The molecular weight excluding hydrogens is 460 g/mol.